The first kappa shape index (κ1) is 15.0. The van der Waals surface area contributed by atoms with Crippen molar-refractivity contribution in [2.24, 2.45) is 0 Å². The predicted octanol–water partition coefficient (Wildman–Crippen LogP) is 3.58. The van der Waals surface area contributed by atoms with Crippen LogP contribution in [0.5, 0.6) is 0 Å². The zero-order valence-corrected chi connectivity index (χ0v) is 12.9. The third-order valence-electron chi connectivity index (χ3n) is 2.96. The molecule has 4 nitrogen and oxygen atoms in total. The van der Waals surface area contributed by atoms with Gasteiger partial charge in [-0.05, 0) is 39.1 Å². The monoisotopic (exact) mass is 315 g/mol. The van der Waals surface area contributed by atoms with Crippen molar-refractivity contribution in [2.45, 2.75) is 32.9 Å². The van der Waals surface area contributed by atoms with Crippen molar-refractivity contribution in [1.29, 1.82) is 0 Å². The van der Waals surface area contributed by atoms with Crippen molar-refractivity contribution in [3.05, 3.63) is 27.7 Å². The normalized spacial score (nSPS) is 12.9. The quantitative estimate of drug-likeness (QED) is 0.851. The van der Waals surface area contributed by atoms with Gasteiger partial charge in [0.05, 0.1) is 16.1 Å². The number of nitrogens with one attached hydrogen (secondary N) is 2. The Morgan fingerprint density at radius 1 is 1.45 bits per heavy atom. The molecular weight excluding hydrogens is 301 g/mol. The predicted molar refractivity (Wildman–Crippen MR) is 80.1 cm³/mol. The van der Waals surface area contributed by atoms with Gasteiger partial charge in [-0.2, -0.15) is 0 Å². The fraction of sp³-hybridized carbons (Fsp3) is 0.385. The first-order valence-electron chi connectivity index (χ1n) is 6.21. The molecule has 0 fully saturated rings. The van der Waals surface area contributed by atoms with Crippen LogP contribution in [0.1, 0.15) is 26.8 Å². The van der Waals surface area contributed by atoms with Crippen molar-refractivity contribution >= 4 is 40.8 Å². The summed E-state index contributed by atoms with van der Waals surface area (Å²) in [5.41, 5.74) is 1.12. The first-order chi connectivity index (χ1) is 9.31. The van der Waals surface area contributed by atoms with E-state index in [2.05, 4.69) is 10.3 Å². The Bertz CT molecular complexity index is 722. The summed E-state index contributed by atoms with van der Waals surface area (Å²) in [6.07, 6.45) is 0. The first-order valence-corrected chi connectivity index (χ1v) is 6.99. The van der Waals surface area contributed by atoms with Crippen LogP contribution >= 0.6 is 23.8 Å². The number of amides is 1. The van der Waals surface area contributed by atoms with Crippen LogP contribution in [0.25, 0.3) is 11.0 Å². The van der Waals surface area contributed by atoms with Gasteiger partial charge in [0.15, 0.2) is 4.77 Å². The highest BCUT2D eigenvalue weighted by molar-refractivity contribution is 7.71. The van der Waals surface area contributed by atoms with E-state index < -0.39 is 11.9 Å². The number of H-pyrrole nitrogens is 1. The van der Waals surface area contributed by atoms with E-state index in [4.69, 9.17) is 23.8 Å². The van der Waals surface area contributed by atoms with Gasteiger partial charge in [-0.15, -0.1) is 0 Å². The maximum Gasteiger partial charge on any atom is 0.243 e. The number of aromatic nitrogens is 2. The summed E-state index contributed by atoms with van der Waals surface area (Å²) in [5.74, 6) is -0.681. The Morgan fingerprint density at radius 3 is 2.70 bits per heavy atom. The number of rotatable bonds is 3. The maximum atomic E-state index is 13.4. The molecule has 1 aromatic carbocycles. The molecular formula is C13H15ClFN3OS. The molecule has 0 aliphatic rings. The van der Waals surface area contributed by atoms with E-state index in [1.807, 2.05) is 13.8 Å². The van der Waals surface area contributed by atoms with Crippen LogP contribution in [0.15, 0.2) is 12.1 Å². The lowest BCUT2D eigenvalue weighted by Gasteiger charge is -2.16. The van der Waals surface area contributed by atoms with Gasteiger partial charge >= 0.3 is 0 Å². The summed E-state index contributed by atoms with van der Waals surface area (Å²) in [6, 6.07) is 2.26. The molecule has 0 aliphatic heterocycles. The van der Waals surface area contributed by atoms with E-state index in [1.165, 1.54) is 12.1 Å². The van der Waals surface area contributed by atoms with Crippen LogP contribution in [-0.4, -0.2) is 21.5 Å². The van der Waals surface area contributed by atoms with Gasteiger partial charge in [0.2, 0.25) is 5.91 Å². The summed E-state index contributed by atoms with van der Waals surface area (Å²) in [7, 11) is 0. The molecule has 0 saturated carbocycles. The minimum Gasteiger partial charge on any atom is -0.352 e. The minimum atomic E-state index is -0.526. The Labute approximate surface area is 125 Å². The molecule has 0 saturated heterocycles. The molecule has 0 bridgehead atoms. The van der Waals surface area contributed by atoms with E-state index in [9.17, 15) is 9.18 Å². The van der Waals surface area contributed by atoms with Crippen LogP contribution in [0.3, 0.4) is 0 Å². The zero-order valence-electron chi connectivity index (χ0n) is 11.3. The molecule has 20 heavy (non-hydrogen) atoms. The Hall–Kier alpha value is -1.40. The highest BCUT2D eigenvalue weighted by Gasteiger charge is 2.20. The van der Waals surface area contributed by atoms with Crippen molar-refractivity contribution < 1.29 is 9.18 Å². The van der Waals surface area contributed by atoms with Crippen molar-refractivity contribution in [3.63, 3.8) is 0 Å². The molecule has 1 unspecified atom stereocenters. The minimum absolute atomic E-state index is 0.00304. The number of hydrogen-bond donors (Lipinski definition) is 2. The number of aromatic amines is 1. The number of benzene rings is 1. The second kappa shape index (κ2) is 5.54. The molecule has 1 atom stereocenters. The van der Waals surface area contributed by atoms with E-state index in [0.717, 1.165) is 0 Å². The second-order valence-corrected chi connectivity index (χ2v) is 5.72. The van der Waals surface area contributed by atoms with Gasteiger partial charge in [0.25, 0.3) is 0 Å². The number of carbonyl (C=O) groups is 1. The zero-order chi connectivity index (χ0) is 15.0. The van der Waals surface area contributed by atoms with E-state index in [1.54, 1.807) is 11.5 Å². The van der Waals surface area contributed by atoms with Crippen LogP contribution < -0.4 is 5.32 Å². The van der Waals surface area contributed by atoms with Crippen LogP contribution in [0.2, 0.25) is 5.02 Å². The Balaban J connectivity index is 2.54. The van der Waals surface area contributed by atoms with E-state index in [0.29, 0.717) is 15.8 Å². The number of imidazole rings is 1. The van der Waals surface area contributed by atoms with Gasteiger partial charge in [-0.1, -0.05) is 11.6 Å². The summed E-state index contributed by atoms with van der Waals surface area (Å²) in [6.45, 7) is 5.49. The van der Waals surface area contributed by atoms with E-state index in [-0.39, 0.29) is 17.0 Å². The SMILES string of the molecule is CC(C)NC(=O)C(C)n1c(=S)[nH]c2cc(F)c(Cl)cc21. The molecule has 0 aliphatic carbocycles. The highest BCUT2D eigenvalue weighted by Crippen LogP contribution is 2.25. The van der Waals surface area contributed by atoms with Crippen LogP contribution in [0, 0.1) is 10.6 Å². The second-order valence-electron chi connectivity index (χ2n) is 4.92. The van der Waals surface area contributed by atoms with Crippen molar-refractivity contribution in [2.75, 3.05) is 0 Å². The topological polar surface area (TPSA) is 49.8 Å². The molecule has 0 spiro atoms. The largest absolute Gasteiger partial charge is 0.352 e. The summed E-state index contributed by atoms with van der Waals surface area (Å²) in [4.78, 5) is 15.0. The van der Waals surface area contributed by atoms with Gasteiger partial charge in [-0.3, -0.25) is 4.79 Å². The van der Waals surface area contributed by atoms with Gasteiger partial charge < -0.3 is 14.9 Å². The fourth-order valence-electron chi connectivity index (χ4n) is 2.03. The average Bonchev–Trinajstić information content (AvgIpc) is 2.63. The summed E-state index contributed by atoms with van der Waals surface area (Å²) < 4.78 is 15.4. The van der Waals surface area contributed by atoms with Crippen molar-refractivity contribution in [3.8, 4) is 0 Å². The summed E-state index contributed by atoms with van der Waals surface area (Å²) in [5, 5.41) is 2.82. The molecule has 2 rings (SSSR count). The van der Waals surface area contributed by atoms with Crippen LogP contribution in [0.4, 0.5) is 4.39 Å². The Kier molecular flexibility index (Phi) is 4.15. The molecule has 1 aromatic heterocycles. The lowest BCUT2D eigenvalue weighted by Crippen LogP contribution is -2.35. The molecule has 108 valence electrons. The van der Waals surface area contributed by atoms with Gasteiger partial charge in [-0.25, -0.2) is 4.39 Å². The number of nitrogens with zero attached hydrogens (tertiary/aromatic N) is 1. The third kappa shape index (κ3) is 2.71. The van der Waals surface area contributed by atoms with Gasteiger partial charge in [0.1, 0.15) is 11.9 Å². The maximum absolute atomic E-state index is 13.4. The Morgan fingerprint density at radius 2 is 2.10 bits per heavy atom. The fourth-order valence-corrected chi connectivity index (χ4v) is 2.55. The lowest BCUT2D eigenvalue weighted by molar-refractivity contribution is -0.124. The summed E-state index contributed by atoms with van der Waals surface area (Å²) >= 11 is 11.0. The molecule has 2 N–H and O–H groups in total. The molecule has 7 heteroatoms. The van der Waals surface area contributed by atoms with E-state index >= 15 is 0 Å². The molecule has 1 amide bonds. The number of carbonyl (C=O) groups excluding carboxylic acids is 1. The number of hydrogen-bond acceptors (Lipinski definition) is 2. The molecule has 0 radical (unpaired) electrons. The molecule has 2 aromatic rings. The molecule has 1 heterocycles. The van der Waals surface area contributed by atoms with Crippen molar-refractivity contribution in [1.82, 2.24) is 14.9 Å². The number of halogens is 2. The number of fused-ring (bicyclic) bond motifs is 1. The smallest absolute Gasteiger partial charge is 0.243 e. The average molecular weight is 316 g/mol. The standard InChI is InChI=1S/C13H15ClFN3OS/c1-6(2)16-12(19)7(3)18-11-4-8(14)9(15)5-10(11)17-13(18)20/h4-7H,1-3H3,(H,16,19)(H,17,20). The lowest BCUT2D eigenvalue weighted by atomic mass is 10.2. The third-order valence-corrected chi connectivity index (χ3v) is 3.54. The van der Waals surface area contributed by atoms with Crippen LogP contribution in [-0.2, 0) is 4.79 Å². The highest BCUT2D eigenvalue weighted by atomic mass is 35.5. The van der Waals surface area contributed by atoms with Gasteiger partial charge in [0, 0.05) is 12.1 Å².